The quantitative estimate of drug-likeness (QED) is 0.356. The van der Waals surface area contributed by atoms with Crippen molar-refractivity contribution in [1.82, 2.24) is 10.3 Å². The van der Waals surface area contributed by atoms with Crippen LogP contribution in [0.1, 0.15) is 10.6 Å². The van der Waals surface area contributed by atoms with Gasteiger partial charge < -0.3 is 9.73 Å². The van der Waals surface area contributed by atoms with Crippen LogP contribution in [-0.4, -0.2) is 16.0 Å². The van der Waals surface area contributed by atoms with Crippen molar-refractivity contribution >= 4 is 73.1 Å². The number of amides is 1. The number of nitrogens with zero attached hydrogens (tertiary/aromatic N) is 1. The molecular formula is C19H10Cl2FN3O2S2. The van der Waals surface area contributed by atoms with Crippen molar-refractivity contribution in [1.29, 1.82) is 0 Å². The van der Waals surface area contributed by atoms with Crippen molar-refractivity contribution in [3.05, 3.63) is 70.2 Å². The molecule has 0 spiro atoms. The first-order valence-corrected chi connectivity index (χ1v) is 10.1. The number of thiazole rings is 1. The third-order valence-corrected chi connectivity index (χ3v) is 5.51. The van der Waals surface area contributed by atoms with Crippen LogP contribution in [0, 0.1) is 5.82 Å². The van der Waals surface area contributed by atoms with E-state index in [4.69, 9.17) is 39.8 Å². The zero-order valence-electron chi connectivity index (χ0n) is 14.3. The van der Waals surface area contributed by atoms with E-state index in [0.29, 0.717) is 36.7 Å². The van der Waals surface area contributed by atoms with Gasteiger partial charge in [0.2, 0.25) is 0 Å². The lowest BCUT2D eigenvalue weighted by Gasteiger charge is -2.05. The molecule has 0 atom stereocenters. The van der Waals surface area contributed by atoms with Crippen LogP contribution in [0.2, 0.25) is 10.0 Å². The highest BCUT2D eigenvalue weighted by Gasteiger charge is 2.16. The summed E-state index contributed by atoms with van der Waals surface area (Å²) < 4.78 is 19.5. The molecule has 0 aliphatic heterocycles. The first-order valence-electron chi connectivity index (χ1n) is 8.13. The molecule has 4 rings (SSSR count). The van der Waals surface area contributed by atoms with Crippen molar-refractivity contribution < 1.29 is 13.6 Å². The minimum atomic E-state index is -0.536. The molecule has 0 aliphatic carbocycles. The molecule has 2 heterocycles. The van der Waals surface area contributed by atoms with E-state index in [9.17, 15) is 9.18 Å². The number of nitrogens with one attached hydrogen (secondary N) is 2. The molecule has 5 nitrogen and oxygen atoms in total. The van der Waals surface area contributed by atoms with Gasteiger partial charge in [0.1, 0.15) is 11.6 Å². The number of carbonyl (C=O) groups excluding carboxylic acids is 1. The van der Waals surface area contributed by atoms with Gasteiger partial charge in [-0.3, -0.25) is 10.1 Å². The Kier molecular flexibility index (Phi) is 5.51. The fraction of sp³-hybridized carbons (Fsp3) is 0. The zero-order valence-corrected chi connectivity index (χ0v) is 17.5. The van der Waals surface area contributed by atoms with Gasteiger partial charge in [0.15, 0.2) is 16.0 Å². The number of hydrogen-bond donors (Lipinski definition) is 2. The van der Waals surface area contributed by atoms with Crippen LogP contribution in [0.5, 0.6) is 0 Å². The van der Waals surface area contributed by atoms with E-state index in [1.165, 1.54) is 29.5 Å². The van der Waals surface area contributed by atoms with Gasteiger partial charge in [0.25, 0.3) is 5.91 Å². The van der Waals surface area contributed by atoms with Crippen LogP contribution in [-0.2, 0) is 0 Å². The number of aromatic nitrogens is 1. The molecule has 4 aromatic rings. The molecule has 0 saturated carbocycles. The lowest BCUT2D eigenvalue weighted by Crippen LogP contribution is -2.33. The SMILES string of the molecule is O=C(NC(=S)Nc1nc2ccc(F)cc2s1)c1ccc(-c2ccc(Cl)cc2Cl)o1. The van der Waals surface area contributed by atoms with E-state index in [2.05, 4.69) is 15.6 Å². The molecule has 1 amide bonds. The molecule has 0 fully saturated rings. The van der Waals surface area contributed by atoms with E-state index < -0.39 is 5.91 Å². The second-order valence-electron chi connectivity index (χ2n) is 5.83. The lowest BCUT2D eigenvalue weighted by molar-refractivity contribution is 0.0951. The predicted molar refractivity (Wildman–Crippen MR) is 117 cm³/mol. The molecule has 0 aliphatic rings. The Morgan fingerprint density at radius 2 is 1.97 bits per heavy atom. The molecule has 0 radical (unpaired) electrons. The van der Waals surface area contributed by atoms with Crippen LogP contribution < -0.4 is 10.6 Å². The Balaban J connectivity index is 1.44. The summed E-state index contributed by atoms with van der Waals surface area (Å²) in [4.78, 5) is 16.7. The van der Waals surface area contributed by atoms with Crippen molar-refractivity contribution in [3.8, 4) is 11.3 Å². The van der Waals surface area contributed by atoms with Crippen LogP contribution in [0.4, 0.5) is 9.52 Å². The van der Waals surface area contributed by atoms with Gasteiger partial charge >= 0.3 is 0 Å². The van der Waals surface area contributed by atoms with Crippen molar-refractivity contribution in [2.45, 2.75) is 0 Å². The zero-order chi connectivity index (χ0) is 20.5. The summed E-state index contributed by atoms with van der Waals surface area (Å²) in [6.45, 7) is 0. The summed E-state index contributed by atoms with van der Waals surface area (Å²) >= 11 is 18.4. The number of furan rings is 1. The molecular weight excluding hydrogens is 456 g/mol. The number of halogens is 3. The van der Waals surface area contributed by atoms with Crippen molar-refractivity contribution in [2.24, 2.45) is 0 Å². The maximum atomic E-state index is 13.3. The first kappa shape index (κ1) is 19.8. The average molecular weight is 466 g/mol. The van der Waals surface area contributed by atoms with E-state index >= 15 is 0 Å². The first-order chi connectivity index (χ1) is 13.9. The minimum absolute atomic E-state index is 0.0389. The van der Waals surface area contributed by atoms with Gasteiger partial charge in [-0.05, 0) is 60.7 Å². The van der Waals surface area contributed by atoms with Gasteiger partial charge in [-0.25, -0.2) is 9.37 Å². The van der Waals surface area contributed by atoms with Gasteiger partial charge in [0, 0.05) is 10.6 Å². The number of benzene rings is 2. The Bertz CT molecular complexity index is 1260. The molecule has 2 aromatic carbocycles. The third-order valence-electron chi connectivity index (χ3n) is 3.82. The Morgan fingerprint density at radius 1 is 1.14 bits per heavy atom. The molecule has 146 valence electrons. The Labute approximate surface area is 183 Å². The second kappa shape index (κ2) is 8.08. The van der Waals surface area contributed by atoms with Gasteiger partial charge in [-0.2, -0.15) is 0 Å². The van der Waals surface area contributed by atoms with E-state index in [0.717, 1.165) is 0 Å². The largest absolute Gasteiger partial charge is 0.451 e. The third kappa shape index (κ3) is 4.40. The van der Waals surface area contributed by atoms with Crippen LogP contribution in [0.15, 0.2) is 52.9 Å². The molecule has 10 heteroatoms. The standard InChI is InChI=1S/C19H10Cl2FN3O2S2/c20-9-1-3-11(12(21)7-9)14-5-6-15(27-14)17(26)24-18(28)25-19-23-13-4-2-10(22)8-16(13)29-19/h1-8H,(H2,23,24,25,26,28). The minimum Gasteiger partial charge on any atom is -0.451 e. The number of rotatable bonds is 3. The maximum Gasteiger partial charge on any atom is 0.293 e. The Morgan fingerprint density at radius 3 is 2.76 bits per heavy atom. The number of anilines is 1. The molecule has 0 bridgehead atoms. The average Bonchev–Trinajstić information content (AvgIpc) is 3.28. The molecule has 0 saturated heterocycles. The summed E-state index contributed by atoms with van der Waals surface area (Å²) in [7, 11) is 0. The van der Waals surface area contributed by atoms with Crippen molar-refractivity contribution in [3.63, 3.8) is 0 Å². The second-order valence-corrected chi connectivity index (χ2v) is 8.11. The summed E-state index contributed by atoms with van der Waals surface area (Å²) in [5.74, 6) is -0.408. The molecule has 0 unspecified atom stereocenters. The lowest BCUT2D eigenvalue weighted by atomic mass is 10.2. The molecule has 2 N–H and O–H groups in total. The summed E-state index contributed by atoms with van der Waals surface area (Å²) in [6, 6.07) is 12.4. The summed E-state index contributed by atoms with van der Waals surface area (Å²) in [6.07, 6.45) is 0. The van der Waals surface area contributed by atoms with Crippen molar-refractivity contribution in [2.75, 3.05) is 5.32 Å². The molecule has 29 heavy (non-hydrogen) atoms. The highest BCUT2D eigenvalue weighted by Crippen LogP contribution is 2.31. The fourth-order valence-electron chi connectivity index (χ4n) is 2.54. The number of thiocarbonyl (C=S) groups is 1. The highest BCUT2D eigenvalue weighted by molar-refractivity contribution is 7.80. The topological polar surface area (TPSA) is 67.2 Å². The Hall–Kier alpha value is -2.52. The number of fused-ring (bicyclic) bond motifs is 1. The van der Waals surface area contributed by atoms with Gasteiger partial charge in [-0.1, -0.05) is 34.5 Å². The highest BCUT2D eigenvalue weighted by atomic mass is 35.5. The van der Waals surface area contributed by atoms with E-state index in [1.807, 2.05) is 0 Å². The van der Waals surface area contributed by atoms with Gasteiger partial charge in [0.05, 0.1) is 15.2 Å². The molecule has 2 aromatic heterocycles. The fourth-order valence-corrected chi connectivity index (χ4v) is 4.19. The van der Waals surface area contributed by atoms with Gasteiger partial charge in [-0.15, -0.1) is 0 Å². The number of carbonyl (C=O) groups is 1. The predicted octanol–water partition coefficient (Wildman–Crippen LogP) is 6.13. The van der Waals surface area contributed by atoms with E-state index in [-0.39, 0.29) is 16.7 Å². The summed E-state index contributed by atoms with van der Waals surface area (Å²) in [5.41, 5.74) is 1.24. The monoisotopic (exact) mass is 465 g/mol. The smallest absolute Gasteiger partial charge is 0.293 e. The van der Waals surface area contributed by atoms with Crippen LogP contribution in [0.25, 0.3) is 21.5 Å². The van der Waals surface area contributed by atoms with E-state index in [1.54, 1.807) is 30.3 Å². The summed E-state index contributed by atoms with van der Waals surface area (Å²) in [5, 5.41) is 6.70. The maximum absolute atomic E-state index is 13.3. The van der Waals surface area contributed by atoms with Crippen LogP contribution in [0.3, 0.4) is 0 Å². The normalized spacial score (nSPS) is 10.9. The van der Waals surface area contributed by atoms with Crippen LogP contribution >= 0.6 is 46.8 Å². The number of hydrogen-bond acceptors (Lipinski definition) is 5.